The van der Waals surface area contributed by atoms with E-state index in [1.165, 1.54) is 13.0 Å². The first-order valence-electron chi connectivity index (χ1n) is 7.21. The molecule has 0 saturated heterocycles. The predicted octanol–water partition coefficient (Wildman–Crippen LogP) is 0.776. The van der Waals surface area contributed by atoms with Crippen LogP contribution in [0.5, 0.6) is 0 Å². The van der Waals surface area contributed by atoms with Gasteiger partial charge in [-0.25, -0.2) is 0 Å². The molecular formula is C15H18O8. The molecule has 3 aliphatic carbocycles. The van der Waals surface area contributed by atoms with Gasteiger partial charge >= 0.3 is 23.9 Å². The fraction of sp³-hybridized carbons (Fsp3) is 0.600. The largest absolute Gasteiger partial charge is 0.481 e. The molecule has 0 aromatic heterocycles. The van der Waals surface area contributed by atoms with E-state index >= 15 is 0 Å². The second kappa shape index (κ2) is 5.36. The van der Waals surface area contributed by atoms with Crippen LogP contribution in [0.2, 0.25) is 0 Å². The molecule has 0 aromatic rings. The van der Waals surface area contributed by atoms with E-state index in [0.29, 0.717) is 12.0 Å². The van der Waals surface area contributed by atoms with Gasteiger partial charge in [-0.05, 0) is 6.42 Å². The third-order valence-electron chi connectivity index (χ3n) is 5.41. The van der Waals surface area contributed by atoms with E-state index in [0.717, 1.165) is 0 Å². The third-order valence-corrected chi connectivity index (χ3v) is 5.41. The molecule has 0 heterocycles. The Morgan fingerprint density at radius 1 is 0.913 bits per heavy atom. The van der Waals surface area contributed by atoms with Gasteiger partial charge in [0.1, 0.15) is 0 Å². The van der Waals surface area contributed by atoms with Crippen LogP contribution in [-0.4, -0.2) is 44.3 Å². The van der Waals surface area contributed by atoms with Crippen molar-refractivity contribution >= 4 is 23.9 Å². The number of carboxylic acid groups (broad SMARTS) is 4. The van der Waals surface area contributed by atoms with Crippen LogP contribution in [0.1, 0.15) is 20.3 Å². The Labute approximate surface area is 131 Å². The number of aliphatic carboxylic acids is 4. The van der Waals surface area contributed by atoms with E-state index in [2.05, 4.69) is 0 Å². The number of carbonyl (C=O) groups is 4. The highest BCUT2D eigenvalue weighted by Crippen LogP contribution is 2.62. The van der Waals surface area contributed by atoms with Gasteiger partial charge in [0.05, 0.1) is 23.7 Å². The Morgan fingerprint density at radius 3 is 1.57 bits per heavy atom. The van der Waals surface area contributed by atoms with Gasteiger partial charge in [0.25, 0.3) is 0 Å². The Balaban J connectivity index is 2.80. The van der Waals surface area contributed by atoms with Crippen LogP contribution >= 0.6 is 0 Å². The molecule has 3 aliphatic rings. The third kappa shape index (κ3) is 2.12. The lowest BCUT2D eigenvalue weighted by Crippen LogP contribution is -2.63. The first-order chi connectivity index (χ1) is 10.6. The molecule has 0 radical (unpaired) electrons. The highest BCUT2D eigenvalue weighted by atomic mass is 16.4. The summed E-state index contributed by atoms with van der Waals surface area (Å²) in [5, 5.41) is 38.0. The van der Waals surface area contributed by atoms with Crippen molar-refractivity contribution in [2.24, 2.45) is 35.0 Å². The molecule has 8 nitrogen and oxygen atoms in total. The fourth-order valence-corrected chi connectivity index (χ4v) is 4.56. The number of carboxylic acids is 4. The molecule has 0 spiro atoms. The first-order valence-corrected chi connectivity index (χ1v) is 7.21. The molecule has 23 heavy (non-hydrogen) atoms. The minimum atomic E-state index is -1.56. The zero-order valence-corrected chi connectivity index (χ0v) is 12.6. The second-order valence-electron chi connectivity index (χ2n) is 6.27. The summed E-state index contributed by atoms with van der Waals surface area (Å²) in [6.07, 6.45) is 1.80. The van der Waals surface area contributed by atoms with E-state index in [1.54, 1.807) is 6.92 Å². The quantitative estimate of drug-likeness (QED) is 0.541. The maximum absolute atomic E-state index is 11.7. The topological polar surface area (TPSA) is 149 Å². The lowest BCUT2D eigenvalue weighted by atomic mass is 9.43. The minimum Gasteiger partial charge on any atom is -0.481 e. The molecule has 0 aromatic carbocycles. The summed E-state index contributed by atoms with van der Waals surface area (Å²) in [4.78, 5) is 46.7. The summed E-state index contributed by atoms with van der Waals surface area (Å²) >= 11 is 0. The molecule has 0 amide bonds. The highest BCUT2D eigenvalue weighted by molar-refractivity contribution is 5.89. The lowest BCUT2D eigenvalue weighted by Gasteiger charge is -2.56. The van der Waals surface area contributed by atoms with Crippen molar-refractivity contribution in [3.05, 3.63) is 11.6 Å². The summed E-state index contributed by atoms with van der Waals surface area (Å²) in [7, 11) is 0. The van der Waals surface area contributed by atoms with Crippen molar-refractivity contribution in [1.82, 2.24) is 0 Å². The van der Waals surface area contributed by atoms with Gasteiger partial charge in [0, 0.05) is 11.3 Å². The van der Waals surface area contributed by atoms with Gasteiger partial charge in [-0.2, -0.15) is 0 Å². The van der Waals surface area contributed by atoms with Gasteiger partial charge in [0.2, 0.25) is 0 Å². The zero-order valence-electron chi connectivity index (χ0n) is 12.6. The average molecular weight is 326 g/mol. The molecule has 0 aliphatic heterocycles. The highest BCUT2D eigenvalue weighted by Gasteiger charge is 2.68. The molecular weight excluding hydrogens is 308 g/mol. The summed E-state index contributed by atoms with van der Waals surface area (Å²) in [5.74, 6) is -12.7. The summed E-state index contributed by atoms with van der Waals surface area (Å²) in [6, 6.07) is 0. The molecule has 4 unspecified atom stereocenters. The van der Waals surface area contributed by atoms with Crippen molar-refractivity contribution in [1.29, 1.82) is 0 Å². The van der Waals surface area contributed by atoms with E-state index < -0.39 is 58.9 Å². The van der Waals surface area contributed by atoms with Gasteiger partial charge in [-0.3, -0.25) is 19.2 Å². The monoisotopic (exact) mass is 326 g/mol. The first kappa shape index (κ1) is 17.0. The minimum absolute atomic E-state index is 0.333. The number of hydrogen-bond donors (Lipinski definition) is 4. The predicted molar refractivity (Wildman–Crippen MR) is 74.5 cm³/mol. The molecule has 8 heteroatoms. The molecule has 1 fully saturated rings. The van der Waals surface area contributed by atoms with Gasteiger partial charge in [-0.1, -0.05) is 25.5 Å². The van der Waals surface area contributed by atoms with Crippen LogP contribution in [0.25, 0.3) is 0 Å². The summed E-state index contributed by atoms with van der Waals surface area (Å²) < 4.78 is 0. The van der Waals surface area contributed by atoms with Gasteiger partial charge < -0.3 is 20.4 Å². The Hall–Kier alpha value is -2.38. The van der Waals surface area contributed by atoms with Crippen LogP contribution in [0.15, 0.2) is 11.6 Å². The summed E-state index contributed by atoms with van der Waals surface area (Å²) in [5.41, 5.74) is -1.06. The Morgan fingerprint density at radius 2 is 1.30 bits per heavy atom. The lowest BCUT2D eigenvalue weighted by molar-refractivity contribution is -0.188. The van der Waals surface area contributed by atoms with Crippen molar-refractivity contribution in [2.75, 3.05) is 0 Å². The van der Waals surface area contributed by atoms with Gasteiger partial charge in [0.15, 0.2) is 0 Å². The standard InChI is InChI=1S/C15H18O8/c1-3-5-4-6-7(11(16)17)9(13(20)21)15(5,2)10(14(22)23)8(6)12(18)19/h4,6-10H,3H2,1-2H3,(H,16,17)(H,18,19)(H,20,21)(H,22,23). The molecule has 4 atom stereocenters. The number of rotatable bonds is 5. The molecule has 2 bridgehead atoms. The number of allylic oxidation sites excluding steroid dienone is 2. The van der Waals surface area contributed by atoms with Crippen molar-refractivity contribution in [2.45, 2.75) is 20.3 Å². The van der Waals surface area contributed by atoms with E-state index in [1.807, 2.05) is 0 Å². The average Bonchev–Trinajstić information content (AvgIpc) is 2.43. The SMILES string of the molecule is CCC1=CC2C(C(=O)O)C(C(=O)O)C1(C)C(C(=O)O)C2C(=O)O. The van der Waals surface area contributed by atoms with Crippen molar-refractivity contribution < 1.29 is 39.6 Å². The van der Waals surface area contributed by atoms with Crippen LogP contribution in [-0.2, 0) is 19.2 Å². The maximum Gasteiger partial charge on any atom is 0.308 e. The van der Waals surface area contributed by atoms with Crippen LogP contribution in [0.4, 0.5) is 0 Å². The van der Waals surface area contributed by atoms with Gasteiger partial charge in [-0.15, -0.1) is 0 Å². The van der Waals surface area contributed by atoms with Crippen LogP contribution in [0, 0.1) is 35.0 Å². The molecule has 3 rings (SSSR count). The Kier molecular flexibility index (Phi) is 3.96. The van der Waals surface area contributed by atoms with E-state index in [4.69, 9.17) is 0 Å². The zero-order chi connectivity index (χ0) is 17.7. The van der Waals surface area contributed by atoms with E-state index in [-0.39, 0.29) is 0 Å². The molecule has 126 valence electrons. The molecule has 4 N–H and O–H groups in total. The molecule has 1 saturated carbocycles. The van der Waals surface area contributed by atoms with E-state index in [9.17, 15) is 39.6 Å². The van der Waals surface area contributed by atoms with Crippen molar-refractivity contribution in [3.63, 3.8) is 0 Å². The number of hydrogen-bond acceptors (Lipinski definition) is 4. The maximum atomic E-state index is 11.7. The van der Waals surface area contributed by atoms with Crippen molar-refractivity contribution in [3.8, 4) is 0 Å². The smallest absolute Gasteiger partial charge is 0.308 e. The normalized spacial score (nSPS) is 38.7. The van der Waals surface area contributed by atoms with Crippen LogP contribution in [0.3, 0.4) is 0 Å². The van der Waals surface area contributed by atoms with Crippen LogP contribution < -0.4 is 0 Å². The Bertz CT molecular complexity index is 579. The number of fused-ring (bicyclic) bond motifs is 2. The second-order valence-corrected chi connectivity index (χ2v) is 6.27. The summed E-state index contributed by atoms with van der Waals surface area (Å²) in [6.45, 7) is 3.07. The fourth-order valence-electron chi connectivity index (χ4n) is 4.56.